The van der Waals surface area contributed by atoms with E-state index in [1.165, 1.54) is 18.4 Å². The van der Waals surface area contributed by atoms with Crippen LogP contribution in [0.2, 0.25) is 0 Å². The van der Waals surface area contributed by atoms with Crippen LogP contribution in [0.15, 0.2) is 41.0 Å². The van der Waals surface area contributed by atoms with Gasteiger partial charge in [0.1, 0.15) is 17.8 Å². The van der Waals surface area contributed by atoms with E-state index in [2.05, 4.69) is 5.32 Å². The first-order valence-corrected chi connectivity index (χ1v) is 6.51. The molecule has 3 N–H and O–H groups in total. The van der Waals surface area contributed by atoms with Gasteiger partial charge in [-0.1, -0.05) is 12.1 Å². The Morgan fingerprint density at radius 3 is 3.00 bits per heavy atom. The van der Waals surface area contributed by atoms with Crippen LogP contribution in [0, 0.1) is 5.82 Å². The van der Waals surface area contributed by atoms with E-state index in [-0.39, 0.29) is 30.2 Å². The van der Waals surface area contributed by atoms with Crippen LogP contribution >= 0.6 is 0 Å². The number of nitrogens with two attached hydrogens (primary N) is 1. The minimum absolute atomic E-state index is 0.0560. The topological polar surface area (TPSA) is 68.3 Å². The van der Waals surface area contributed by atoms with E-state index in [9.17, 15) is 9.18 Å². The number of furan rings is 1. The third-order valence-corrected chi connectivity index (χ3v) is 3.50. The Balaban J connectivity index is 1.61. The number of amides is 1. The molecule has 0 aliphatic heterocycles. The van der Waals surface area contributed by atoms with Crippen molar-refractivity contribution >= 4 is 5.91 Å². The van der Waals surface area contributed by atoms with Crippen molar-refractivity contribution in [3.8, 4) is 0 Å². The molecule has 4 nitrogen and oxygen atoms in total. The maximum atomic E-state index is 13.1. The van der Waals surface area contributed by atoms with E-state index in [1.54, 1.807) is 12.1 Å². The highest BCUT2D eigenvalue weighted by Gasteiger charge is 2.39. The van der Waals surface area contributed by atoms with Gasteiger partial charge in [0.15, 0.2) is 0 Å². The molecule has 0 spiro atoms. The quantitative estimate of drug-likeness (QED) is 0.897. The fourth-order valence-electron chi connectivity index (χ4n) is 2.32. The highest BCUT2D eigenvalue weighted by atomic mass is 19.1. The number of rotatable bonds is 4. The van der Waals surface area contributed by atoms with Crippen molar-refractivity contribution in [2.75, 3.05) is 0 Å². The van der Waals surface area contributed by atoms with Crippen molar-refractivity contribution in [3.63, 3.8) is 0 Å². The van der Waals surface area contributed by atoms with E-state index >= 15 is 0 Å². The van der Waals surface area contributed by atoms with Gasteiger partial charge >= 0.3 is 0 Å². The molecule has 0 bridgehead atoms. The van der Waals surface area contributed by atoms with E-state index in [0.717, 1.165) is 12.0 Å². The average molecular weight is 274 g/mol. The van der Waals surface area contributed by atoms with Crippen LogP contribution in [0.4, 0.5) is 4.39 Å². The van der Waals surface area contributed by atoms with Crippen molar-refractivity contribution in [1.82, 2.24) is 5.32 Å². The van der Waals surface area contributed by atoms with Crippen molar-refractivity contribution in [3.05, 3.63) is 59.3 Å². The fraction of sp³-hybridized carbons (Fsp3) is 0.267. The zero-order chi connectivity index (χ0) is 14.1. The zero-order valence-electron chi connectivity index (χ0n) is 10.8. The van der Waals surface area contributed by atoms with E-state index in [0.29, 0.717) is 11.3 Å². The van der Waals surface area contributed by atoms with Crippen LogP contribution in [0.1, 0.15) is 34.0 Å². The molecule has 3 rings (SSSR count). The van der Waals surface area contributed by atoms with Crippen LogP contribution in [-0.2, 0) is 6.54 Å². The van der Waals surface area contributed by atoms with E-state index < -0.39 is 0 Å². The van der Waals surface area contributed by atoms with Gasteiger partial charge in [0.05, 0.1) is 12.1 Å². The number of nitrogens with one attached hydrogen (secondary N) is 1. The summed E-state index contributed by atoms with van der Waals surface area (Å²) in [5.41, 5.74) is 6.82. The third kappa shape index (κ3) is 2.58. The molecule has 1 heterocycles. The van der Waals surface area contributed by atoms with Crippen molar-refractivity contribution in [1.29, 1.82) is 0 Å². The summed E-state index contributed by atoms with van der Waals surface area (Å²) in [6.45, 7) is 0.266. The molecule has 2 atom stereocenters. The first-order chi connectivity index (χ1) is 9.67. The second-order valence-electron chi connectivity index (χ2n) is 4.98. The maximum Gasteiger partial charge on any atom is 0.254 e. The lowest BCUT2D eigenvalue weighted by Crippen LogP contribution is -2.26. The second kappa shape index (κ2) is 5.09. The van der Waals surface area contributed by atoms with Gasteiger partial charge in [-0.3, -0.25) is 4.79 Å². The van der Waals surface area contributed by atoms with E-state index in [1.807, 2.05) is 6.07 Å². The Morgan fingerprint density at radius 1 is 1.45 bits per heavy atom. The molecule has 0 saturated heterocycles. The van der Waals surface area contributed by atoms with Crippen LogP contribution in [0.25, 0.3) is 0 Å². The summed E-state index contributed by atoms with van der Waals surface area (Å²) >= 11 is 0. The Hall–Kier alpha value is -2.14. The van der Waals surface area contributed by atoms with Crippen LogP contribution < -0.4 is 11.1 Å². The molecule has 1 aromatic carbocycles. The number of benzene rings is 1. The average Bonchev–Trinajstić information content (AvgIpc) is 3.03. The predicted octanol–water partition coefficient (Wildman–Crippen LogP) is 2.16. The van der Waals surface area contributed by atoms with Crippen molar-refractivity contribution in [2.45, 2.75) is 24.9 Å². The minimum atomic E-state index is -0.248. The second-order valence-corrected chi connectivity index (χ2v) is 4.98. The molecule has 1 fully saturated rings. The molecule has 1 aliphatic carbocycles. The molecule has 0 radical (unpaired) electrons. The lowest BCUT2D eigenvalue weighted by Gasteiger charge is -2.03. The molecule has 2 unspecified atom stereocenters. The largest absolute Gasteiger partial charge is 0.467 e. The van der Waals surface area contributed by atoms with Crippen molar-refractivity contribution in [2.24, 2.45) is 5.73 Å². The molecule has 2 aromatic rings. The Labute approximate surface area is 115 Å². The summed E-state index contributed by atoms with van der Waals surface area (Å²) in [5.74, 6) is 0.336. The highest BCUT2D eigenvalue weighted by molar-refractivity contribution is 5.94. The molecule has 1 aromatic heterocycles. The van der Waals surface area contributed by atoms with E-state index in [4.69, 9.17) is 10.2 Å². The lowest BCUT2D eigenvalue weighted by atomic mass is 10.1. The van der Waals surface area contributed by atoms with Gasteiger partial charge in [-0.25, -0.2) is 4.39 Å². The number of carbonyl (C=O) groups is 1. The van der Waals surface area contributed by atoms with Crippen LogP contribution in [0.3, 0.4) is 0 Å². The SMILES string of the molecule is NCc1cc(C(=O)NC2CC2c2cccc(F)c2)co1. The van der Waals surface area contributed by atoms with Gasteiger partial charge in [0.2, 0.25) is 0 Å². The maximum absolute atomic E-state index is 13.1. The number of hydrogen-bond donors (Lipinski definition) is 2. The predicted molar refractivity (Wildman–Crippen MR) is 71.6 cm³/mol. The first-order valence-electron chi connectivity index (χ1n) is 6.51. The van der Waals surface area contributed by atoms with Gasteiger partial charge < -0.3 is 15.5 Å². The normalized spacial score (nSPS) is 20.7. The van der Waals surface area contributed by atoms with Crippen LogP contribution in [0.5, 0.6) is 0 Å². The van der Waals surface area contributed by atoms with Gasteiger partial charge in [0, 0.05) is 12.0 Å². The summed E-state index contributed by atoms with van der Waals surface area (Å²) < 4.78 is 18.3. The van der Waals surface area contributed by atoms with Gasteiger partial charge in [-0.15, -0.1) is 0 Å². The monoisotopic (exact) mass is 274 g/mol. The summed E-state index contributed by atoms with van der Waals surface area (Å²) in [7, 11) is 0. The number of carbonyl (C=O) groups excluding carboxylic acids is 1. The standard InChI is InChI=1S/C15H15FN2O2/c16-11-3-1-2-9(4-11)13-6-14(13)18-15(19)10-5-12(7-17)20-8-10/h1-5,8,13-14H,6-7,17H2,(H,18,19). The third-order valence-electron chi connectivity index (χ3n) is 3.50. The molecule has 104 valence electrons. The Bertz CT molecular complexity index is 638. The summed E-state index contributed by atoms with van der Waals surface area (Å²) in [4.78, 5) is 12.0. The van der Waals surface area contributed by atoms with Crippen LogP contribution in [-0.4, -0.2) is 11.9 Å². The minimum Gasteiger partial charge on any atom is -0.467 e. The smallest absolute Gasteiger partial charge is 0.254 e. The fourth-order valence-corrected chi connectivity index (χ4v) is 2.32. The molecule has 1 saturated carbocycles. The molecule has 20 heavy (non-hydrogen) atoms. The summed E-state index contributed by atoms with van der Waals surface area (Å²) in [5, 5.41) is 2.91. The molecular weight excluding hydrogens is 259 g/mol. The first kappa shape index (κ1) is 12.9. The molecular formula is C15H15FN2O2. The van der Waals surface area contributed by atoms with Gasteiger partial charge in [-0.05, 0) is 30.2 Å². The molecule has 1 aliphatic rings. The Kier molecular flexibility index (Phi) is 3.28. The molecule has 1 amide bonds. The van der Waals surface area contributed by atoms with Crippen molar-refractivity contribution < 1.29 is 13.6 Å². The lowest BCUT2D eigenvalue weighted by molar-refractivity contribution is 0.0949. The number of hydrogen-bond acceptors (Lipinski definition) is 3. The Morgan fingerprint density at radius 2 is 2.30 bits per heavy atom. The summed E-state index contributed by atoms with van der Waals surface area (Å²) in [6, 6.07) is 8.19. The highest BCUT2D eigenvalue weighted by Crippen LogP contribution is 2.41. The number of halogens is 1. The van der Waals surface area contributed by atoms with Gasteiger partial charge in [-0.2, -0.15) is 0 Å². The van der Waals surface area contributed by atoms with Gasteiger partial charge in [0.25, 0.3) is 5.91 Å². The molecule has 5 heteroatoms. The zero-order valence-corrected chi connectivity index (χ0v) is 10.8. The summed E-state index contributed by atoms with van der Waals surface area (Å²) in [6.07, 6.45) is 2.23.